The molecule has 0 fully saturated rings. The zero-order valence-electron chi connectivity index (χ0n) is 34.7. The standard InChI is InChI=1S/C47H47BrN6O10S/c48-31-17-13-29(14-18-31)23-35-42(58)50-34(22-27-8-3-1-4-9-27)41(57)51-36(43(59)54-38(47(63)64)25-28-10-5-2-6-11-28)24-30-15-19-32(20-16-30)49-45(61)39(55)40(56)46(62)53-37(44(60)52-35)26-33-12-7-21-65-33/h1-21,34-40,55-56H,22-26H2,(H,49,61)(H,50,58)(H,51,57)(H,52,60)(H,53,62)(H,54,59)(H,63,64)/t34-,35+,36-,37-,38+,39-,40-/m1/s1. The minimum absolute atomic E-state index is 0.0645. The van der Waals surface area contributed by atoms with Gasteiger partial charge >= 0.3 is 5.97 Å². The zero-order valence-corrected chi connectivity index (χ0v) is 37.1. The summed E-state index contributed by atoms with van der Waals surface area (Å²) in [5.74, 6) is -7.00. The van der Waals surface area contributed by atoms with Gasteiger partial charge in [0.05, 0.1) is 0 Å². The summed E-state index contributed by atoms with van der Waals surface area (Å²) in [6.45, 7) is 0. The van der Waals surface area contributed by atoms with E-state index in [0.29, 0.717) is 27.1 Å². The van der Waals surface area contributed by atoms with E-state index in [2.05, 4.69) is 47.8 Å². The molecule has 0 unspecified atom stereocenters. The van der Waals surface area contributed by atoms with Gasteiger partial charge in [0, 0.05) is 47.1 Å². The summed E-state index contributed by atoms with van der Waals surface area (Å²) in [5, 5.41) is 49.2. The predicted octanol–water partition coefficient (Wildman–Crippen LogP) is 2.21. The number of carboxylic acid groups (broad SMARTS) is 1. The van der Waals surface area contributed by atoms with E-state index in [4.69, 9.17) is 0 Å². The molecule has 7 atom stereocenters. The van der Waals surface area contributed by atoms with Crippen LogP contribution in [0.5, 0.6) is 0 Å². The van der Waals surface area contributed by atoms with Crippen molar-refractivity contribution in [2.24, 2.45) is 0 Å². The van der Waals surface area contributed by atoms with Gasteiger partial charge in [0.2, 0.25) is 23.6 Å². The molecule has 0 saturated heterocycles. The van der Waals surface area contributed by atoms with E-state index in [1.807, 2.05) is 0 Å². The lowest BCUT2D eigenvalue weighted by atomic mass is 10.00. The Balaban J connectivity index is 1.38. The maximum Gasteiger partial charge on any atom is 0.326 e. The van der Waals surface area contributed by atoms with Crippen molar-refractivity contribution in [1.29, 1.82) is 0 Å². The molecule has 18 heteroatoms. The maximum absolute atomic E-state index is 14.5. The van der Waals surface area contributed by atoms with Crippen molar-refractivity contribution in [3.05, 3.63) is 158 Å². The first-order chi connectivity index (χ1) is 31.2. The first-order valence-electron chi connectivity index (χ1n) is 20.6. The Hall–Kier alpha value is -6.73. The Labute approximate surface area is 386 Å². The maximum atomic E-state index is 14.5. The van der Waals surface area contributed by atoms with Gasteiger partial charge < -0.3 is 47.2 Å². The van der Waals surface area contributed by atoms with Gasteiger partial charge in [0.15, 0.2) is 12.2 Å². The zero-order chi connectivity index (χ0) is 46.5. The Morgan fingerprint density at radius 1 is 0.615 bits per heavy atom. The van der Waals surface area contributed by atoms with Crippen LogP contribution >= 0.6 is 27.3 Å². The van der Waals surface area contributed by atoms with E-state index in [1.54, 1.807) is 102 Å². The molecule has 2 aliphatic rings. The highest BCUT2D eigenvalue weighted by molar-refractivity contribution is 9.10. The Morgan fingerprint density at radius 3 is 1.71 bits per heavy atom. The van der Waals surface area contributed by atoms with E-state index in [1.165, 1.54) is 35.6 Å². The summed E-state index contributed by atoms with van der Waals surface area (Å²) in [5.41, 5.74) is 2.46. The van der Waals surface area contributed by atoms with Gasteiger partial charge in [-0.3, -0.25) is 28.8 Å². The number of halogens is 1. The van der Waals surface area contributed by atoms with E-state index in [-0.39, 0.29) is 37.8 Å². The first kappa shape index (κ1) is 47.7. The molecule has 4 aromatic carbocycles. The number of carbonyl (C=O) groups is 7. The van der Waals surface area contributed by atoms with Crippen LogP contribution in [0.3, 0.4) is 0 Å². The summed E-state index contributed by atoms with van der Waals surface area (Å²) >= 11 is 4.68. The number of aliphatic hydroxyl groups excluding tert-OH is 2. The summed E-state index contributed by atoms with van der Waals surface area (Å²) < 4.78 is 0.749. The molecule has 338 valence electrons. The number of hydrogen-bond donors (Lipinski definition) is 9. The molecule has 7 rings (SSSR count). The summed E-state index contributed by atoms with van der Waals surface area (Å²) in [4.78, 5) is 97.1. The quantitative estimate of drug-likeness (QED) is 0.0874. The van der Waals surface area contributed by atoms with E-state index < -0.39 is 83.8 Å². The van der Waals surface area contributed by atoms with Gasteiger partial charge in [-0.2, -0.15) is 0 Å². The lowest BCUT2D eigenvalue weighted by Crippen LogP contribution is -2.60. The summed E-state index contributed by atoms with van der Waals surface area (Å²) in [7, 11) is 0. The largest absolute Gasteiger partial charge is 0.480 e. The highest BCUT2D eigenvalue weighted by Crippen LogP contribution is 2.17. The van der Waals surface area contributed by atoms with Crippen molar-refractivity contribution < 1.29 is 48.9 Å². The lowest BCUT2D eigenvalue weighted by molar-refractivity contribution is -0.144. The minimum atomic E-state index is -2.32. The van der Waals surface area contributed by atoms with Crippen molar-refractivity contribution in [3.63, 3.8) is 0 Å². The predicted molar refractivity (Wildman–Crippen MR) is 244 cm³/mol. The van der Waals surface area contributed by atoms with Gasteiger partial charge in [-0.1, -0.05) is 107 Å². The smallest absolute Gasteiger partial charge is 0.326 e. The summed E-state index contributed by atoms with van der Waals surface area (Å²) in [6, 6.07) is 26.7. The van der Waals surface area contributed by atoms with Crippen LogP contribution in [0.4, 0.5) is 5.69 Å². The number of fused-ring (bicyclic) bond motifs is 18. The molecule has 6 amide bonds. The fourth-order valence-electron chi connectivity index (χ4n) is 7.03. The molecule has 2 aliphatic heterocycles. The molecule has 0 saturated carbocycles. The Morgan fingerprint density at radius 2 is 1.14 bits per heavy atom. The van der Waals surface area contributed by atoms with Crippen molar-refractivity contribution in [2.75, 3.05) is 5.32 Å². The number of amides is 6. The average molecular weight is 968 g/mol. The molecule has 5 aromatic rings. The fourth-order valence-corrected chi connectivity index (χ4v) is 8.05. The van der Waals surface area contributed by atoms with E-state index >= 15 is 0 Å². The molecule has 65 heavy (non-hydrogen) atoms. The van der Waals surface area contributed by atoms with Gasteiger partial charge in [0.1, 0.15) is 30.2 Å². The number of benzene rings is 4. The number of carboxylic acids is 1. The molecule has 1 aromatic heterocycles. The molecule has 0 radical (unpaired) electrons. The molecular formula is C47H47BrN6O10S. The lowest BCUT2D eigenvalue weighted by Gasteiger charge is -2.27. The average Bonchev–Trinajstić information content (AvgIpc) is 3.82. The molecule has 0 aliphatic carbocycles. The topological polar surface area (TPSA) is 252 Å². The monoisotopic (exact) mass is 966 g/mol. The molecule has 9 N–H and O–H groups in total. The van der Waals surface area contributed by atoms with Crippen molar-refractivity contribution >= 4 is 74.4 Å². The van der Waals surface area contributed by atoms with Crippen LogP contribution in [-0.4, -0.2) is 99.1 Å². The SMILES string of the molecule is O=C(O)[C@H](Cc1ccccc1)NC(=O)[C@H]1Cc2ccc(cc2)NC(=O)[C@H](O)[C@@H](O)C(=O)N[C@H](Cc2cccs2)C(=O)N[C@@H](Cc2ccc(Br)cc2)C(=O)N[C@H](Cc2ccccc2)C(=O)N1. The molecule has 3 heterocycles. The van der Waals surface area contributed by atoms with Crippen LogP contribution in [0.2, 0.25) is 0 Å². The van der Waals surface area contributed by atoms with Crippen LogP contribution in [0.15, 0.2) is 131 Å². The van der Waals surface area contributed by atoms with Crippen LogP contribution in [0, 0.1) is 0 Å². The van der Waals surface area contributed by atoms with Crippen LogP contribution < -0.4 is 31.9 Å². The number of anilines is 1. The van der Waals surface area contributed by atoms with Crippen molar-refractivity contribution in [1.82, 2.24) is 26.6 Å². The van der Waals surface area contributed by atoms with Gasteiger partial charge in [0.25, 0.3) is 11.8 Å². The van der Waals surface area contributed by atoms with E-state index in [9.17, 15) is 48.9 Å². The van der Waals surface area contributed by atoms with Crippen LogP contribution in [-0.2, 0) is 65.7 Å². The normalized spacial score (nSPS) is 21.6. The number of thiophene rings is 1. The fraction of sp³-hybridized carbons (Fsp3) is 0.255. The second kappa shape index (κ2) is 22.8. The number of aliphatic hydroxyl groups is 2. The van der Waals surface area contributed by atoms with E-state index in [0.717, 1.165) is 4.47 Å². The van der Waals surface area contributed by atoms with Crippen molar-refractivity contribution in [2.45, 2.75) is 74.5 Å². The number of aliphatic carboxylic acids is 1. The molecule has 16 nitrogen and oxygen atoms in total. The van der Waals surface area contributed by atoms with Crippen LogP contribution in [0.25, 0.3) is 0 Å². The second-order valence-corrected chi connectivity index (χ2v) is 17.4. The van der Waals surface area contributed by atoms with Crippen molar-refractivity contribution in [3.8, 4) is 0 Å². The number of carbonyl (C=O) groups excluding carboxylic acids is 6. The summed E-state index contributed by atoms with van der Waals surface area (Å²) in [6.07, 6.45) is -5.12. The minimum Gasteiger partial charge on any atom is -0.480 e. The van der Waals surface area contributed by atoms with Gasteiger partial charge in [-0.25, -0.2) is 4.79 Å². The van der Waals surface area contributed by atoms with Crippen LogP contribution in [0.1, 0.15) is 27.1 Å². The number of rotatable bonds is 11. The highest BCUT2D eigenvalue weighted by atomic mass is 79.9. The number of hydrogen-bond acceptors (Lipinski definition) is 10. The second-order valence-electron chi connectivity index (χ2n) is 15.4. The molecule has 0 spiro atoms. The third kappa shape index (κ3) is 13.9. The van der Waals surface area contributed by atoms with Gasteiger partial charge in [-0.05, 0) is 58.0 Å². The third-order valence-electron chi connectivity index (χ3n) is 10.5. The number of nitrogens with one attached hydrogen (secondary N) is 6. The third-order valence-corrected chi connectivity index (χ3v) is 12.0. The van der Waals surface area contributed by atoms with Gasteiger partial charge in [-0.15, -0.1) is 11.3 Å². The molecule has 2 bridgehead atoms. The highest BCUT2D eigenvalue weighted by Gasteiger charge is 2.36. The Bertz CT molecular complexity index is 2440. The first-order valence-corrected chi connectivity index (χ1v) is 22.2. The molecular weight excluding hydrogens is 921 g/mol. The Kier molecular flexibility index (Phi) is 16.7.